The van der Waals surface area contributed by atoms with Gasteiger partial charge in [-0.2, -0.15) is 15.0 Å². The molecule has 2 rings (SSSR count). The molecule has 0 radical (unpaired) electrons. The SMILES string of the molecule is Cc1nn(CC#N)c(=O)n1-c1ccc(C(C)(C)C)cc1. The summed E-state index contributed by atoms with van der Waals surface area (Å²) in [5.41, 5.74) is 1.76. The molecule has 0 saturated heterocycles. The Morgan fingerprint density at radius 2 is 1.85 bits per heavy atom. The second-order valence-corrected chi connectivity index (χ2v) is 5.78. The van der Waals surface area contributed by atoms with Gasteiger partial charge in [-0.1, -0.05) is 32.9 Å². The van der Waals surface area contributed by atoms with E-state index in [0.717, 1.165) is 5.69 Å². The average molecular weight is 270 g/mol. The minimum absolute atomic E-state index is 0.0350. The Bertz CT molecular complexity index is 708. The van der Waals surface area contributed by atoms with E-state index in [4.69, 9.17) is 5.26 Å². The van der Waals surface area contributed by atoms with Crippen LogP contribution < -0.4 is 5.69 Å². The molecule has 5 heteroatoms. The summed E-state index contributed by atoms with van der Waals surface area (Å²) in [5, 5.41) is 12.8. The van der Waals surface area contributed by atoms with Crippen molar-refractivity contribution < 1.29 is 0 Å². The van der Waals surface area contributed by atoms with Gasteiger partial charge in [0, 0.05) is 0 Å². The summed E-state index contributed by atoms with van der Waals surface area (Å²) < 4.78 is 2.69. The van der Waals surface area contributed by atoms with Crippen molar-refractivity contribution in [2.75, 3.05) is 0 Å². The molecule has 0 spiro atoms. The molecule has 0 atom stereocenters. The van der Waals surface area contributed by atoms with Gasteiger partial charge in [0.1, 0.15) is 12.4 Å². The summed E-state index contributed by atoms with van der Waals surface area (Å²) in [4.78, 5) is 12.2. The molecule has 0 aliphatic rings. The monoisotopic (exact) mass is 270 g/mol. The molecule has 104 valence electrons. The first kappa shape index (κ1) is 14.1. The number of nitriles is 1. The number of hydrogen-bond donors (Lipinski definition) is 0. The summed E-state index contributed by atoms with van der Waals surface area (Å²) in [6, 6.07) is 9.79. The fourth-order valence-electron chi connectivity index (χ4n) is 2.09. The minimum Gasteiger partial charge on any atom is -0.247 e. The van der Waals surface area contributed by atoms with Crippen molar-refractivity contribution in [2.24, 2.45) is 0 Å². The van der Waals surface area contributed by atoms with Crippen molar-refractivity contribution in [3.63, 3.8) is 0 Å². The molecule has 0 aliphatic heterocycles. The predicted octanol–water partition coefficient (Wildman–Crippen LogP) is 2.16. The lowest BCUT2D eigenvalue weighted by molar-refractivity contribution is 0.590. The third-order valence-electron chi connectivity index (χ3n) is 3.21. The van der Waals surface area contributed by atoms with Crippen molar-refractivity contribution in [1.82, 2.24) is 14.3 Å². The third kappa shape index (κ3) is 2.50. The highest BCUT2D eigenvalue weighted by molar-refractivity contribution is 5.37. The Labute approximate surface area is 118 Å². The first-order valence-corrected chi connectivity index (χ1v) is 6.49. The van der Waals surface area contributed by atoms with E-state index in [-0.39, 0.29) is 17.6 Å². The van der Waals surface area contributed by atoms with E-state index in [0.29, 0.717) is 5.82 Å². The van der Waals surface area contributed by atoms with Crippen LogP contribution in [-0.2, 0) is 12.0 Å². The number of hydrogen-bond acceptors (Lipinski definition) is 3. The summed E-state index contributed by atoms with van der Waals surface area (Å²) in [6.07, 6.45) is 0. The molecule has 20 heavy (non-hydrogen) atoms. The van der Waals surface area contributed by atoms with Crippen LogP contribution in [0.5, 0.6) is 0 Å². The van der Waals surface area contributed by atoms with Crippen molar-refractivity contribution in [3.8, 4) is 11.8 Å². The van der Waals surface area contributed by atoms with Crippen molar-refractivity contribution in [3.05, 3.63) is 46.1 Å². The van der Waals surface area contributed by atoms with Crippen LogP contribution in [0.4, 0.5) is 0 Å². The fraction of sp³-hybridized carbons (Fsp3) is 0.400. The number of rotatable bonds is 2. The highest BCUT2D eigenvalue weighted by Crippen LogP contribution is 2.23. The van der Waals surface area contributed by atoms with E-state index in [1.54, 1.807) is 6.92 Å². The first-order chi connectivity index (χ1) is 9.34. The van der Waals surface area contributed by atoms with Gasteiger partial charge in [0.05, 0.1) is 11.8 Å². The van der Waals surface area contributed by atoms with E-state index < -0.39 is 0 Å². The zero-order chi connectivity index (χ0) is 14.9. The molecule has 1 aromatic heterocycles. The van der Waals surface area contributed by atoms with E-state index in [9.17, 15) is 4.79 Å². The highest BCUT2D eigenvalue weighted by atomic mass is 16.2. The summed E-state index contributed by atoms with van der Waals surface area (Å²) in [6.45, 7) is 8.15. The van der Waals surface area contributed by atoms with Crippen LogP contribution in [0, 0.1) is 18.3 Å². The smallest absolute Gasteiger partial charge is 0.247 e. The Morgan fingerprint density at radius 1 is 1.25 bits per heavy atom. The van der Waals surface area contributed by atoms with E-state index in [1.807, 2.05) is 30.3 Å². The van der Waals surface area contributed by atoms with Crippen molar-refractivity contribution in [1.29, 1.82) is 5.26 Å². The second-order valence-electron chi connectivity index (χ2n) is 5.78. The van der Waals surface area contributed by atoms with Gasteiger partial charge in [0.25, 0.3) is 0 Å². The fourth-order valence-corrected chi connectivity index (χ4v) is 2.09. The van der Waals surface area contributed by atoms with Crippen LogP contribution >= 0.6 is 0 Å². The van der Waals surface area contributed by atoms with Gasteiger partial charge in [-0.3, -0.25) is 0 Å². The lowest BCUT2D eigenvalue weighted by atomic mass is 9.87. The molecule has 0 bridgehead atoms. The Balaban J connectivity index is 2.48. The Morgan fingerprint density at radius 3 is 2.35 bits per heavy atom. The van der Waals surface area contributed by atoms with Crippen LogP contribution in [0.3, 0.4) is 0 Å². The molecule has 1 aromatic carbocycles. The Hall–Kier alpha value is -2.35. The number of aryl methyl sites for hydroxylation is 1. The summed E-state index contributed by atoms with van der Waals surface area (Å²) >= 11 is 0. The largest absolute Gasteiger partial charge is 0.351 e. The van der Waals surface area contributed by atoms with Crippen LogP contribution in [0.25, 0.3) is 5.69 Å². The second kappa shape index (κ2) is 4.97. The molecule has 0 aliphatic carbocycles. The average Bonchev–Trinajstić information content (AvgIpc) is 2.64. The number of nitrogens with zero attached hydrogens (tertiary/aromatic N) is 4. The Kier molecular flexibility index (Phi) is 3.49. The van der Waals surface area contributed by atoms with Crippen LogP contribution in [0.15, 0.2) is 29.1 Å². The van der Waals surface area contributed by atoms with Gasteiger partial charge in [0.2, 0.25) is 0 Å². The quantitative estimate of drug-likeness (QED) is 0.840. The maximum absolute atomic E-state index is 12.2. The van der Waals surface area contributed by atoms with Gasteiger partial charge >= 0.3 is 5.69 Å². The van der Waals surface area contributed by atoms with E-state index >= 15 is 0 Å². The topological polar surface area (TPSA) is 63.6 Å². The zero-order valence-electron chi connectivity index (χ0n) is 12.2. The molecular formula is C15H18N4O. The van der Waals surface area contributed by atoms with E-state index in [1.165, 1.54) is 14.8 Å². The van der Waals surface area contributed by atoms with Gasteiger partial charge in [-0.25, -0.2) is 9.36 Å². The number of aromatic nitrogens is 3. The van der Waals surface area contributed by atoms with Gasteiger partial charge in [0.15, 0.2) is 0 Å². The normalized spacial score (nSPS) is 11.3. The first-order valence-electron chi connectivity index (χ1n) is 6.49. The van der Waals surface area contributed by atoms with E-state index in [2.05, 4.69) is 25.9 Å². The molecule has 0 saturated carbocycles. The molecule has 0 amide bonds. The lowest BCUT2D eigenvalue weighted by Crippen LogP contribution is -2.24. The van der Waals surface area contributed by atoms with Crippen molar-refractivity contribution in [2.45, 2.75) is 39.7 Å². The van der Waals surface area contributed by atoms with Gasteiger partial charge in [-0.15, -0.1) is 0 Å². The molecular weight excluding hydrogens is 252 g/mol. The zero-order valence-corrected chi connectivity index (χ0v) is 12.2. The highest BCUT2D eigenvalue weighted by Gasteiger charge is 2.15. The predicted molar refractivity (Wildman–Crippen MR) is 76.9 cm³/mol. The molecule has 0 unspecified atom stereocenters. The third-order valence-corrected chi connectivity index (χ3v) is 3.21. The summed E-state index contributed by atoms with van der Waals surface area (Å²) in [7, 11) is 0. The molecule has 2 aromatic rings. The maximum Gasteiger partial charge on any atom is 0.351 e. The lowest BCUT2D eigenvalue weighted by Gasteiger charge is -2.19. The van der Waals surface area contributed by atoms with Gasteiger partial charge in [-0.05, 0) is 30.0 Å². The van der Waals surface area contributed by atoms with Crippen molar-refractivity contribution >= 4 is 0 Å². The minimum atomic E-state index is -0.285. The van der Waals surface area contributed by atoms with Crippen LogP contribution in [0.2, 0.25) is 0 Å². The summed E-state index contributed by atoms with van der Waals surface area (Å²) in [5.74, 6) is 0.578. The number of benzene rings is 1. The molecule has 1 heterocycles. The van der Waals surface area contributed by atoms with Crippen LogP contribution in [-0.4, -0.2) is 14.3 Å². The van der Waals surface area contributed by atoms with Crippen LogP contribution in [0.1, 0.15) is 32.2 Å². The maximum atomic E-state index is 12.2. The molecule has 5 nitrogen and oxygen atoms in total. The molecule has 0 N–H and O–H groups in total. The standard InChI is InChI=1S/C15H18N4O/c1-11-17-18(10-9-16)14(20)19(11)13-7-5-12(6-8-13)15(2,3)4/h5-8H,10H2,1-4H3. The van der Waals surface area contributed by atoms with Gasteiger partial charge < -0.3 is 0 Å². The molecule has 0 fully saturated rings.